The number of amides is 1. The van der Waals surface area contributed by atoms with Crippen molar-refractivity contribution in [1.29, 1.82) is 0 Å². The maximum atomic E-state index is 12.3. The Kier molecular flexibility index (Phi) is 2.38. The minimum absolute atomic E-state index is 0.193. The molecule has 1 aromatic carbocycles. The summed E-state index contributed by atoms with van der Waals surface area (Å²) in [4.78, 5) is 25.0. The molecule has 1 amide bonds. The number of ketones is 1. The Morgan fingerprint density at radius 3 is 2.78 bits per heavy atom. The van der Waals surface area contributed by atoms with Crippen molar-refractivity contribution in [2.24, 2.45) is 5.73 Å². The predicted octanol–water partition coefficient (Wildman–Crippen LogP) is 2.31. The van der Waals surface area contributed by atoms with E-state index in [0.717, 1.165) is 28.0 Å². The van der Waals surface area contributed by atoms with Crippen LogP contribution in [0.4, 0.5) is 0 Å². The fraction of sp³-hybridized carbons (Fsp3) is 0.286. The lowest BCUT2D eigenvalue weighted by Crippen LogP contribution is -2.19. The zero-order valence-corrected chi connectivity index (χ0v) is 11.1. The molecule has 2 N–H and O–H groups in total. The molecule has 1 atom stereocenters. The Balaban J connectivity index is 2.36. The molecule has 18 heavy (non-hydrogen) atoms. The molecule has 1 aliphatic heterocycles. The molecule has 1 aliphatic carbocycles. The number of aryl methyl sites for hydroxylation is 1. The average molecular weight is 259 g/mol. The van der Waals surface area contributed by atoms with Crippen LogP contribution < -0.4 is 5.73 Å². The van der Waals surface area contributed by atoms with Crippen LogP contribution in [0, 0.1) is 6.92 Å². The van der Waals surface area contributed by atoms with Crippen molar-refractivity contribution in [2.75, 3.05) is 0 Å². The second-order valence-corrected chi connectivity index (χ2v) is 6.29. The van der Waals surface area contributed by atoms with E-state index in [0.29, 0.717) is 10.8 Å². The number of nitrogens with two attached hydrogens (primary N) is 1. The molecule has 3 rings (SSSR count). The third kappa shape index (κ3) is 1.38. The Labute approximate surface area is 109 Å². The van der Waals surface area contributed by atoms with E-state index in [1.165, 1.54) is 0 Å². The number of thioether (sulfide) groups is 1. The average Bonchev–Trinajstić information content (AvgIpc) is 2.57. The largest absolute Gasteiger partial charge is 0.365 e. The fourth-order valence-electron chi connectivity index (χ4n) is 2.78. The monoisotopic (exact) mass is 259 g/mol. The van der Waals surface area contributed by atoms with Gasteiger partial charge in [0.25, 0.3) is 5.91 Å². The summed E-state index contributed by atoms with van der Waals surface area (Å²) in [5.74, 6) is -0.794. The van der Waals surface area contributed by atoms with Crippen LogP contribution in [0.3, 0.4) is 0 Å². The number of primary amides is 1. The molecule has 0 spiro atoms. The van der Waals surface area contributed by atoms with Crippen molar-refractivity contribution < 1.29 is 9.59 Å². The first-order valence-corrected chi connectivity index (χ1v) is 6.77. The Morgan fingerprint density at radius 1 is 1.39 bits per heavy atom. The molecule has 2 aliphatic rings. The Hall–Kier alpha value is -1.55. The molecule has 1 heterocycles. The smallest absolute Gasteiger partial charge is 0.252 e. The highest BCUT2D eigenvalue weighted by atomic mass is 32.2. The van der Waals surface area contributed by atoms with Crippen LogP contribution >= 0.6 is 11.8 Å². The van der Waals surface area contributed by atoms with Crippen LogP contribution in [0.15, 0.2) is 22.6 Å². The minimum atomic E-state index is -0.601. The number of rotatable bonds is 1. The van der Waals surface area contributed by atoms with Gasteiger partial charge in [0.05, 0.1) is 5.57 Å². The van der Waals surface area contributed by atoms with E-state index in [1.807, 2.05) is 19.1 Å². The summed E-state index contributed by atoms with van der Waals surface area (Å²) >= 11 is 1.76. The van der Waals surface area contributed by atoms with E-state index in [9.17, 15) is 9.59 Å². The van der Waals surface area contributed by atoms with Crippen molar-refractivity contribution in [2.45, 2.75) is 30.4 Å². The Morgan fingerprint density at radius 2 is 2.11 bits per heavy atom. The summed E-state index contributed by atoms with van der Waals surface area (Å²) in [6.07, 6.45) is 0.734. The number of carbonyl (C=O) groups is 2. The van der Waals surface area contributed by atoms with Crippen molar-refractivity contribution in [3.8, 4) is 0 Å². The third-order valence-corrected chi connectivity index (χ3v) is 4.66. The van der Waals surface area contributed by atoms with Crippen molar-refractivity contribution >= 4 is 29.0 Å². The normalized spacial score (nSPS) is 21.2. The first kappa shape index (κ1) is 11.5. The summed E-state index contributed by atoms with van der Waals surface area (Å²) in [6, 6.07) is 3.98. The summed E-state index contributed by atoms with van der Waals surface area (Å²) < 4.78 is 0. The fourth-order valence-corrected chi connectivity index (χ4v) is 3.95. The van der Waals surface area contributed by atoms with Crippen molar-refractivity contribution in [1.82, 2.24) is 0 Å². The zero-order valence-electron chi connectivity index (χ0n) is 10.2. The van der Waals surface area contributed by atoms with Crippen LogP contribution in [0.1, 0.15) is 34.8 Å². The van der Waals surface area contributed by atoms with Crippen LogP contribution in [-0.4, -0.2) is 16.9 Å². The van der Waals surface area contributed by atoms with Crippen LogP contribution in [0.5, 0.6) is 0 Å². The van der Waals surface area contributed by atoms with Gasteiger partial charge >= 0.3 is 0 Å². The van der Waals surface area contributed by atoms with Gasteiger partial charge in [0.1, 0.15) is 0 Å². The maximum absolute atomic E-state index is 12.3. The third-order valence-electron chi connectivity index (χ3n) is 3.50. The number of benzene rings is 1. The predicted molar refractivity (Wildman–Crippen MR) is 71.6 cm³/mol. The van der Waals surface area contributed by atoms with Gasteiger partial charge < -0.3 is 5.73 Å². The number of Topliss-reactive ketones (excluding diaryl/α,β-unsaturated/α-hetero) is 1. The molecule has 1 unspecified atom stereocenters. The molecule has 0 radical (unpaired) electrons. The van der Waals surface area contributed by atoms with Gasteiger partial charge in [0.15, 0.2) is 5.78 Å². The lowest BCUT2D eigenvalue weighted by atomic mass is 9.98. The SMILES string of the molecule is Cc1ccc2c3c1C(=O)C(C(N)=O)=C3CC(C)S2. The van der Waals surface area contributed by atoms with E-state index in [-0.39, 0.29) is 11.4 Å². The molecule has 0 bridgehead atoms. The molecule has 1 aromatic rings. The second-order valence-electron chi connectivity index (χ2n) is 4.81. The standard InChI is InChI=1S/C14H13NO2S/c1-6-3-4-9-11-8(5-7(2)18-9)12(14(15)17)13(16)10(6)11/h3-4,7H,5H2,1-2H3,(H2,15,17). The van der Waals surface area contributed by atoms with E-state index in [4.69, 9.17) is 5.73 Å². The van der Waals surface area contributed by atoms with Gasteiger partial charge in [0.2, 0.25) is 0 Å². The summed E-state index contributed by atoms with van der Waals surface area (Å²) in [5, 5.41) is 0.364. The second kappa shape index (κ2) is 3.72. The molecular weight excluding hydrogens is 246 g/mol. The van der Waals surface area contributed by atoms with E-state index in [1.54, 1.807) is 11.8 Å². The van der Waals surface area contributed by atoms with Gasteiger partial charge in [-0.3, -0.25) is 9.59 Å². The van der Waals surface area contributed by atoms with E-state index < -0.39 is 5.91 Å². The number of allylic oxidation sites excluding steroid dienone is 1. The number of hydrogen-bond acceptors (Lipinski definition) is 3. The van der Waals surface area contributed by atoms with Gasteiger partial charge in [-0.05, 0) is 30.5 Å². The van der Waals surface area contributed by atoms with Crippen LogP contribution in [0.2, 0.25) is 0 Å². The molecule has 0 aromatic heterocycles. The van der Waals surface area contributed by atoms with Gasteiger partial charge in [-0.1, -0.05) is 13.0 Å². The number of carbonyl (C=O) groups excluding carboxylic acids is 2. The quantitative estimate of drug-likeness (QED) is 0.787. The first-order chi connectivity index (χ1) is 8.50. The highest BCUT2D eigenvalue weighted by Crippen LogP contribution is 2.49. The number of hydrogen-bond donors (Lipinski definition) is 1. The summed E-state index contributed by atoms with van der Waals surface area (Å²) in [6.45, 7) is 4.00. The van der Waals surface area contributed by atoms with Crippen LogP contribution in [-0.2, 0) is 4.79 Å². The molecule has 0 fully saturated rings. The van der Waals surface area contributed by atoms with Gasteiger partial charge in [-0.2, -0.15) is 0 Å². The van der Waals surface area contributed by atoms with E-state index >= 15 is 0 Å². The molecule has 3 nitrogen and oxygen atoms in total. The minimum Gasteiger partial charge on any atom is -0.365 e. The molecule has 4 heteroatoms. The topological polar surface area (TPSA) is 60.2 Å². The molecule has 0 saturated carbocycles. The maximum Gasteiger partial charge on any atom is 0.252 e. The highest BCUT2D eigenvalue weighted by molar-refractivity contribution is 8.00. The Bertz CT molecular complexity index is 631. The zero-order chi connectivity index (χ0) is 13.0. The van der Waals surface area contributed by atoms with Crippen molar-refractivity contribution in [3.05, 3.63) is 34.4 Å². The molecule has 92 valence electrons. The first-order valence-electron chi connectivity index (χ1n) is 5.89. The molecule has 0 saturated heterocycles. The summed E-state index contributed by atoms with van der Waals surface area (Å²) in [7, 11) is 0. The highest BCUT2D eigenvalue weighted by Gasteiger charge is 2.38. The molecular formula is C14H13NO2S. The van der Waals surface area contributed by atoms with Gasteiger partial charge in [0, 0.05) is 21.3 Å². The lowest BCUT2D eigenvalue weighted by molar-refractivity contribution is -0.114. The van der Waals surface area contributed by atoms with Crippen molar-refractivity contribution in [3.63, 3.8) is 0 Å². The van der Waals surface area contributed by atoms with Gasteiger partial charge in [-0.15, -0.1) is 11.8 Å². The van der Waals surface area contributed by atoms with Crippen LogP contribution in [0.25, 0.3) is 5.57 Å². The van der Waals surface area contributed by atoms with E-state index in [2.05, 4.69) is 6.92 Å². The summed E-state index contributed by atoms with van der Waals surface area (Å²) in [5.41, 5.74) is 8.99. The van der Waals surface area contributed by atoms with Gasteiger partial charge in [-0.25, -0.2) is 0 Å². The lowest BCUT2D eigenvalue weighted by Gasteiger charge is -2.23.